The number of nitrogens with one attached hydrogen (secondary N) is 1. The lowest BCUT2D eigenvalue weighted by molar-refractivity contribution is 0.295. The highest BCUT2D eigenvalue weighted by molar-refractivity contribution is 5.37. The van der Waals surface area contributed by atoms with Crippen LogP contribution in [0.25, 0.3) is 0 Å². The zero-order valence-corrected chi connectivity index (χ0v) is 13.7. The van der Waals surface area contributed by atoms with Gasteiger partial charge in [-0.2, -0.15) is 0 Å². The van der Waals surface area contributed by atoms with Gasteiger partial charge in [0.2, 0.25) is 0 Å². The molecule has 114 valence electrons. The largest absolute Gasteiger partial charge is 0.496 e. The van der Waals surface area contributed by atoms with E-state index in [0.29, 0.717) is 5.92 Å². The maximum atomic E-state index is 5.53. The molecule has 1 aromatic carbocycles. The minimum absolute atomic E-state index is 0.669. The molecule has 0 saturated heterocycles. The summed E-state index contributed by atoms with van der Waals surface area (Å²) >= 11 is 0. The van der Waals surface area contributed by atoms with Crippen molar-refractivity contribution in [1.82, 2.24) is 10.2 Å². The quantitative estimate of drug-likeness (QED) is 0.750. The van der Waals surface area contributed by atoms with Crippen molar-refractivity contribution in [3.05, 3.63) is 29.3 Å². The van der Waals surface area contributed by atoms with Crippen LogP contribution in [0.1, 0.15) is 38.8 Å². The van der Waals surface area contributed by atoms with Crippen LogP contribution in [0.15, 0.2) is 18.2 Å². The van der Waals surface area contributed by atoms with E-state index in [1.165, 1.54) is 11.1 Å². The van der Waals surface area contributed by atoms with Gasteiger partial charge in [-0.15, -0.1) is 0 Å². The van der Waals surface area contributed by atoms with Gasteiger partial charge in [0.15, 0.2) is 0 Å². The summed E-state index contributed by atoms with van der Waals surface area (Å²) < 4.78 is 5.53. The van der Waals surface area contributed by atoms with Gasteiger partial charge in [-0.1, -0.05) is 39.8 Å². The van der Waals surface area contributed by atoms with Crippen LogP contribution in [0.2, 0.25) is 0 Å². The zero-order valence-electron chi connectivity index (χ0n) is 13.7. The molecule has 0 unspecified atom stereocenters. The Kier molecular flexibility index (Phi) is 7.63. The van der Waals surface area contributed by atoms with Gasteiger partial charge in [-0.05, 0) is 37.2 Å². The van der Waals surface area contributed by atoms with Crippen molar-refractivity contribution in [1.29, 1.82) is 0 Å². The lowest BCUT2D eigenvalue weighted by Crippen LogP contribution is -2.22. The number of benzene rings is 1. The van der Waals surface area contributed by atoms with Gasteiger partial charge >= 0.3 is 0 Å². The van der Waals surface area contributed by atoms with Gasteiger partial charge in [-0.25, -0.2) is 0 Å². The molecule has 0 saturated carbocycles. The highest BCUT2D eigenvalue weighted by Crippen LogP contribution is 2.21. The molecule has 3 heteroatoms. The Morgan fingerprint density at radius 1 is 1.20 bits per heavy atom. The summed E-state index contributed by atoms with van der Waals surface area (Å²) in [6.07, 6.45) is 0. The van der Waals surface area contributed by atoms with E-state index in [-0.39, 0.29) is 0 Å². The fourth-order valence-electron chi connectivity index (χ4n) is 2.23. The summed E-state index contributed by atoms with van der Waals surface area (Å²) in [7, 11) is 1.75. The van der Waals surface area contributed by atoms with E-state index < -0.39 is 0 Å². The van der Waals surface area contributed by atoms with E-state index in [9.17, 15) is 0 Å². The average Bonchev–Trinajstić information content (AvgIpc) is 2.45. The minimum atomic E-state index is 0.669. The summed E-state index contributed by atoms with van der Waals surface area (Å²) in [5.41, 5.74) is 2.55. The van der Waals surface area contributed by atoms with Gasteiger partial charge in [0.1, 0.15) is 5.75 Å². The highest BCUT2D eigenvalue weighted by Gasteiger charge is 2.07. The van der Waals surface area contributed by atoms with Gasteiger partial charge in [-0.3, -0.25) is 4.90 Å². The maximum Gasteiger partial charge on any atom is 0.123 e. The standard InChI is InChI=1S/C17H30N2O/c1-6-19(7-2)13-15-8-9-16(17(10-15)20-5)12-18-11-14(3)4/h8-10,14,18H,6-7,11-13H2,1-5H3. The smallest absolute Gasteiger partial charge is 0.123 e. The number of hydrogen-bond acceptors (Lipinski definition) is 3. The van der Waals surface area contributed by atoms with Crippen molar-refractivity contribution in [3.8, 4) is 5.75 Å². The van der Waals surface area contributed by atoms with Crippen molar-refractivity contribution >= 4 is 0 Å². The molecule has 1 rings (SSSR count). The number of hydrogen-bond donors (Lipinski definition) is 1. The fourth-order valence-corrected chi connectivity index (χ4v) is 2.23. The Hall–Kier alpha value is -1.06. The molecule has 0 amide bonds. The van der Waals surface area contributed by atoms with Crippen LogP contribution in [0.4, 0.5) is 0 Å². The highest BCUT2D eigenvalue weighted by atomic mass is 16.5. The summed E-state index contributed by atoms with van der Waals surface area (Å²) in [4.78, 5) is 2.41. The van der Waals surface area contributed by atoms with Crippen LogP contribution < -0.4 is 10.1 Å². The summed E-state index contributed by atoms with van der Waals surface area (Å²) in [6.45, 7) is 13.9. The van der Waals surface area contributed by atoms with E-state index >= 15 is 0 Å². The Morgan fingerprint density at radius 2 is 1.90 bits per heavy atom. The van der Waals surface area contributed by atoms with E-state index in [0.717, 1.165) is 38.5 Å². The van der Waals surface area contributed by atoms with Gasteiger partial charge < -0.3 is 10.1 Å². The van der Waals surface area contributed by atoms with Crippen molar-refractivity contribution in [2.24, 2.45) is 5.92 Å². The topological polar surface area (TPSA) is 24.5 Å². The van der Waals surface area contributed by atoms with E-state index in [1.807, 2.05) is 0 Å². The van der Waals surface area contributed by atoms with Crippen molar-refractivity contribution in [2.75, 3.05) is 26.7 Å². The third-order valence-electron chi connectivity index (χ3n) is 3.52. The van der Waals surface area contributed by atoms with Gasteiger partial charge in [0.05, 0.1) is 7.11 Å². The first-order valence-electron chi connectivity index (χ1n) is 7.69. The molecule has 1 aromatic rings. The first kappa shape index (κ1) is 17.0. The molecule has 0 aliphatic rings. The Bertz CT molecular complexity index is 387. The first-order chi connectivity index (χ1) is 9.60. The van der Waals surface area contributed by atoms with Crippen LogP contribution >= 0.6 is 0 Å². The van der Waals surface area contributed by atoms with Crippen LogP contribution in [-0.4, -0.2) is 31.6 Å². The molecule has 0 aromatic heterocycles. The molecule has 0 bridgehead atoms. The van der Waals surface area contributed by atoms with Gasteiger partial charge in [0, 0.05) is 18.7 Å². The van der Waals surface area contributed by atoms with Crippen LogP contribution in [0.5, 0.6) is 5.75 Å². The lowest BCUT2D eigenvalue weighted by atomic mass is 10.1. The number of ether oxygens (including phenoxy) is 1. The van der Waals surface area contributed by atoms with Crippen LogP contribution in [0.3, 0.4) is 0 Å². The van der Waals surface area contributed by atoms with E-state index in [1.54, 1.807) is 7.11 Å². The Balaban J connectivity index is 2.69. The zero-order chi connectivity index (χ0) is 15.0. The molecule has 3 nitrogen and oxygen atoms in total. The molecule has 0 atom stereocenters. The molecular weight excluding hydrogens is 248 g/mol. The molecule has 0 heterocycles. The predicted octanol–water partition coefficient (Wildman–Crippen LogP) is 3.28. The first-order valence-corrected chi connectivity index (χ1v) is 7.69. The minimum Gasteiger partial charge on any atom is -0.496 e. The monoisotopic (exact) mass is 278 g/mol. The number of methoxy groups -OCH3 is 1. The Labute approximate surface area is 124 Å². The maximum absolute atomic E-state index is 5.53. The van der Waals surface area contributed by atoms with Crippen molar-refractivity contribution in [2.45, 2.75) is 40.8 Å². The Morgan fingerprint density at radius 3 is 2.45 bits per heavy atom. The predicted molar refractivity (Wildman–Crippen MR) is 86.2 cm³/mol. The molecular formula is C17H30N2O. The summed E-state index contributed by atoms with van der Waals surface area (Å²) in [5.74, 6) is 1.66. The summed E-state index contributed by atoms with van der Waals surface area (Å²) in [6, 6.07) is 6.57. The molecule has 0 radical (unpaired) electrons. The summed E-state index contributed by atoms with van der Waals surface area (Å²) in [5, 5.41) is 3.47. The van der Waals surface area contributed by atoms with E-state index in [4.69, 9.17) is 4.74 Å². The SMILES string of the molecule is CCN(CC)Cc1ccc(CNCC(C)C)c(OC)c1. The second kappa shape index (κ2) is 8.98. The van der Waals surface area contributed by atoms with Crippen LogP contribution in [-0.2, 0) is 13.1 Å². The molecule has 0 fully saturated rings. The third-order valence-corrected chi connectivity index (χ3v) is 3.52. The second-order valence-electron chi connectivity index (χ2n) is 5.63. The number of nitrogens with zero attached hydrogens (tertiary/aromatic N) is 1. The van der Waals surface area contributed by atoms with Gasteiger partial charge in [0.25, 0.3) is 0 Å². The molecule has 0 aliphatic carbocycles. The fraction of sp³-hybridized carbons (Fsp3) is 0.647. The molecule has 0 spiro atoms. The average molecular weight is 278 g/mol. The number of rotatable bonds is 9. The lowest BCUT2D eigenvalue weighted by Gasteiger charge is -2.19. The molecule has 1 N–H and O–H groups in total. The van der Waals surface area contributed by atoms with Crippen molar-refractivity contribution in [3.63, 3.8) is 0 Å². The molecule has 20 heavy (non-hydrogen) atoms. The normalized spacial score (nSPS) is 11.3. The molecule has 0 aliphatic heterocycles. The van der Waals surface area contributed by atoms with E-state index in [2.05, 4.69) is 56.1 Å². The third kappa shape index (κ3) is 5.51. The van der Waals surface area contributed by atoms with Crippen LogP contribution in [0, 0.1) is 5.92 Å². The second-order valence-corrected chi connectivity index (χ2v) is 5.63. The van der Waals surface area contributed by atoms with Crippen molar-refractivity contribution < 1.29 is 4.74 Å².